The average Bonchev–Trinajstić information content (AvgIpc) is 3.02. The molecule has 0 saturated heterocycles. The highest BCUT2D eigenvalue weighted by atomic mass is 16.4. The van der Waals surface area contributed by atoms with E-state index in [1.165, 1.54) is 5.56 Å². The van der Waals surface area contributed by atoms with Crippen molar-refractivity contribution >= 4 is 11.9 Å². The Morgan fingerprint density at radius 2 is 1.91 bits per heavy atom. The molecule has 1 fully saturated rings. The zero-order valence-corrected chi connectivity index (χ0v) is 12.8. The normalized spacial score (nSPS) is 20.5. The van der Waals surface area contributed by atoms with Gasteiger partial charge in [-0.15, -0.1) is 6.58 Å². The lowest BCUT2D eigenvalue weighted by atomic mass is 10.0. The SMILES string of the molecule is C=CCN(CCc1ccccc1)C(=O)[C@H]1CC[C@@H](C(=O)O)C1. The van der Waals surface area contributed by atoms with E-state index in [4.69, 9.17) is 5.11 Å². The first kappa shape index (κ1) is 16.3. The maximum Gasteiger partial charge on any atom is 0.306 e. The molecule has 22 heavy (non-hydrogen) atoms. The molecule has 4 nitrogen and oxygen atoms in total. The molecule has 118 valence electrons. The van der Waals surface area contributed by atoms with Gasteiger partial charge in [-0.25, -0.2) is 0 Å². The van der Waals surface area contributed by atoms with Crippen LogP contribution in [0.15, 0.2) is 43.0 Å². The number of aliphatic carboxylic acids is 1. The molecule has 4 heteroatoms. The van der Waals surface area contributed by atoms with Gasteiger partial charge in [0.25, 0.3) is 0 Å². The lowest BCUT2D eigenvalue weighted by Gasteiger charge is -2.24. The Kier molecular flexibility index (Phi) is 5.75. The average molecular weight is 301 g/mol. The Morgan fingerprint density at radius 3 is 2.50 bits per heavy atom. The Morgan fingerprint density at radius 1 is 1.23 bits per heavy atom. The van der Waals surface area contributed by atoms with E-state index in [-0.39, 0.29) is 17.7 Å². The highest BCUT2D eigenvalue weighted by Crippen LogP contribution is 2.32. The fourth-order valence-corrected chi connectivity index (χ4v) is 3.04. The molecular weight excluding hydrogens is 278 g/mol. The molecule has 1 aromatic carbocycles. The number of amides is 1. The molecule has 1 amide bonds. The maximum absolute atomic E-state index is 12.6. The largest absolute Gasteiger partial charge is 0.481 e. The van der Waals surface area contributed by atoms with Gasteiger partial charge in [0, 0.05) is 19.0 Å². The lowest BCUT2D eigenvalue weighted by Crippen LogP contribution is -2.37. The maximum atomic E-state index is 12.6. The molecule has 1 saturated carbocycles. The molecule has 0 bridgehead atoms. The van der Waals surface area contributed by atoms with Crippen molar-refractivity contribution in [2.45, 2.75) is 25.7 Å². The molecule has 0 unspecified atom stereocenters. The zero-order valence-electron chi connectivity index (χ0n) is 12.8. The van der Waals surface area contributed by atoms with E-state index in [9.17, 15) is 9.59 Å². The van der Waals surface area contributed by atoms with Crippen molar-refractivity contribution in [1.29, 1.82) is 0 Å². The van der Waals surface area contributed by atoms with Crippen LogP contribution in [0, 0.1) is 11.8 Å². The summed E-state index contributed by atoms with van der Waals surface area (Å²) in [5, 5.41) is 9.07. The van der Waals surface area contributed by atoms with E-state index in [0.29, 0.717) is 32.4 Å². The van der Waals surface area contributed by atoms with E-state index >= 15 is 0 Å². The smallest absolute Gasteiger partial charge is 0.306 e. The van der Waals surface area contributed by atoms with Gasteiger partial charge in [0.2, 0.25) is 5.91 Å². The highest BCUT2D eigenvalue weighted by molar-refractivity contribution is 5.81. The second-order valence-corrected chi connectivity index (χ2v) is 5.85. The van der Waals surface area contributed by atoms with Crippen LogP contribution in [0.4, 0.5) is 0 Å². The van der Waals surface area contributed by atoms with Gasteiger partial charge in [-0.1, -0.05) is 36.4 Å². The number of rotatable bonds is 7. The van der Waals surface area contributed by atoms with Crippen LogP contribution in [-0.2, 0) is 16.0 Å². The molecule has 0 heterocycles. The Hall–Kier alpha value is -2.10. The minimum atomic E-state index is -0.783. The van der Waals surface area contributed by atoms with Gasteiger partial charge in [0.15, 0.2) is 0 Å². The van der Waals surface area contributed by atoms with E-state index in [2.05, 4.69) is 6.58 Å². The highest BCUT2D eigenvalue weighted by Gasteiger charge is 2.35. The summed E-state index contributed by atoms with van der Waals surface area (Å²) in [6, 6.07) is 10.0. The van der Waals surface area contributed by atoms with Crippen LogP contribution in [0.3, 0.4) is 0 Å². The fourth-order valence-electron chi connectivity index (χ4n) is 3.04. The molecule has 1 aliphatic rings. The Bertz CT molecular complexity index is 526. The summed E-state index contributed by atoms with van der Waals surface area (Å²) in [5.41, 5.74) is 1.19. The zero-order chi connectivity index (χ0) is 15.9. The van der Waals surface area contributed by atoms with Crippen molar-refractivity contribution < 1.29 is 14.7 Å². The topological polar surface area (TPSA) is 57.6 Å². The summed E-state index contributed by atoms with van der Waals surface area (Å²) in [5.74, 6) is -1.24. The molecule has 2 atom stereocenters. The summed E-state index contributed by atoms with van der Waals surface area (Å²) in [6.07, 6.45) is 4.27. The predicted molar refractivity (Wildman–Crippen MR) is 85.4 cm³/mol. The Labute approximate surface area is 131 Å². The van der Waals surface area contributed by atoms with Crippen molar-refractivity contribution in [2.24, 2.45) is 11.8 Å². The second kappa shape index (κ2) is 7.78. The molecule has 0 spiro atoms. The summed E-state index contributed by atoms with van der Waals surface area (Å²) in [7, 11) is 0. The van der Waals surface area contributed by atoms with Gasteiger partial charge in [-0.05, 0) is 31.2 Å². The first-order valence-electron chi connectivity index (χ1n) is 7.78. The number of hydrogen-bond acceptors (Lipinski definition) is 2. The summed E-state index contributed by atoms with van der Waals surface area (Å²) >= 11 is 0. The quantitative estimate of drug-likeness (QED) is 0.788. The van der Waals surface area contributed by atoms with E-state index in [1.54, 1.807) is 11.0 Å². The van der Waals surface area contributed by atoms with Crippen LogP contribution >= 0.6 is 0 Å². The summed E-state index contributed by atoms with van der Waals surface area (Å²) in [4.78, 5) is 25.4. The first-order chi connectivity index (χ1) is 10.6. The molecule has 2 rings (SSSR count). The number of hydrogen-bond donors (Lipinski definition) is 1. The molecule has 0 aliphatic heterocycles. The standard InChI is InChI=1S/C18H23NO3/c1-2-11-19(12-10-14-6-4-3-5-7-14)17(20)15-8-9-16(13-15)18(21)22/h2-7,15-16H,1,8-13H2,(H,21,22)/t15-,16+/m0/s1. The molecule has 1 aliphatic carbocycles. The molecule has 0 radical (unpaired) electrons. The third-order valence-electron chi connectivity index (χ3n) is 4.31. The van der Waals surface area contributed by atoms with E-state index in [0.717, 1.165) is 6.42 Å². The minimum Gasteiger partial charge on any atom is -0.481 e. The van der Waals surface area contributed by atoms with Gasteiger partial charge in [0.1, 0.15) is 0 Å². The fraction of sp³-hybridized carbons (Fsp3) is 0.444. The van der Waals surface area contributed by atoms with Gasteiger partial charge >= 0.3 is 5.97 Å². The van der Waals surface area contributed by atoms with Crippen LogP contribution in [0.1, 0.15) is 24.8 Å². The lowest BCUT2D eigenvalue weighted by molar-refractivity contribution is -0.141. The predicted octanol–water partition coefficient (Wildman–Crippen LogP) is 2.74. The summed E-state index contributed by atoms with van der Waals surface area (Å²) < 4.78 is 0. The van der Waals surface area contributed by atoms with Gasteiger partial charge in [-0.2, -0.15) is 0 Å². The van der Waals surface area contributed by atoms with Crippen LogP contribution in [0.5, 0.6) is 0 Å². The van der Waals surface area contributed by atoms with Crippen LogP contribution in [0.2, 0.25) is 0 Å². The molecule has 1 N–H and O–H groups in total. The van der Waals surface area contributed by atoms with Crippen molar-refractivity contribution in [3.63, 3.8) is 0 Å². The van der Waals surface area contributed by atoms with Gasteiger partial charge in [0.05, 0.1) is 5.92 Å². The third-order valence-corrected chi connectivity index (χ3v) is 4.31. The second-order valence-electron chi connectivity index (χ2n) is 5.85. The van der Waals surface area contributed by atoms with E-state index < -0.39 is 5.97 Å². The van der Waals surface area contributed by atoms with Crippen LogP contribution in [0.25, 0.3) is 0 Å². The van der Waals surface area contributed by atoms with E-state index in [1.807, 2.05) is 30.3 Å². The number of carbonyl (C=O) groups is 2. The third kappa shape index (κ3) is 4.20. The van der Waals surface area contributed by atoms with Gasteiger partial charge in [-0.3, -0.25) is 9.59 Å². The van der Waals surface area contributed by atoms with Crippen molar-refractivity contribution in [1.82, 2.24) is 4.90 Å². The van der Waals surface area contributed by atoms with Crippen LogP contribution < -0.4 is 0 Å². The number of carboxylic acid groups (broad SMARTS) is 1. The van der Waals surface area contributed by atoms with Crippen molar-refractivity contribution in [3.05, 3.63) is 48.6 Å². The molecular formula is C18H23NO3. The molecule has 1 aromatic rings. The van der Waals surface area contributed by atoms with Crippen molar-refractivity contribution in [3.8, 4) is 0 Å². The number of benzene rings is 1. The number of nitrogens with zero attached hydrogens (tertiary/aromatic N) is 1. The monoisotopic (exact) mass is 301 g/mol. The summed E-state index contributed by atoms with van der Waals surface area (Å²) in [6.45, 7) is 4.88. The number of carbonyl (C=O) groups excluding carboxylic acids is 1. The van der Waals surface area contributed by atoms with Crippen LogP contribution in [-0.4, -0.2) is 35.0 Å². The van der Waals surface area contributed by atoms with Gasteiger partial charge < -0.3 is 10.0 Å². The minimum absolute atomic E-state index is 0.0691. The van der Waals surface area contributed by atoms with Crippen molar-refractivity contribution in [2.75, 3.05) is 13.1 Å². The first-order valence-corrected chi connectivity index (χ1v) is 7.78. The molecule has 0 aromatic heterocycles. The Balaban J connectivity index is 1.94. The number of carboxylic acids is 1.